The van der Waals surface area contributed by atoms with Crippen LogP contribution in [0.5, 0.6) is 0 Å². The van der Waals surface area contributed by atoms with Crippen LogP contribution in [-0.2, 0) is 0 Å². The third-order valence-electron chi connectivity index (χ3n) is 4.19. The number of halogens is 1. The minimum Gasteiger partial charge on any atom is -0.341 e. The summed E-state index contributed by atoms with van der Waals surface area (Å²) in [6.07, 6.45) is 5.33. The Kier molecular flexibility index (Phi) is 4.61. The summed E-state index contributed by atoms with van der Waals surface area (Å²) in [4.78, 5) is 22.1. The Bertz CT molecular complexity index is 647. The van der Waals surface area contributed by atoms with Crippen molar-refractivity contribution >= 4 is 23.5 Å². The van der Waals surface area contributed by atoms with Crippen LogP contribution in [0.3, 0.4) is 0 Å². The van der Waals surface area contributed by atoms with Gasteiger partial charge in [0, 0.05) is 37.6 Å². The second-order valence-electron chi connectivity index (χ2n) is 5.98. The molecule has 1 saturated heterocycles. The Morgan fingerprint density at radius 3 is 2.22 bits per heavy atom. The van der Waals surface area contributed by atoms with Crippen molar-refractivity contribution in [3.63, 3.8) is 0 Å². The third kappa shape index (κ3) is 3.69. The molecule has 3 heterocycles. The average molecular weight is 333 g/mol. The van der Waals surface area contributed by atoms with E-state index in [2.05, 4.69) is 29.7 Å². The van der Waals surface area contributed by atoms with Crippen molar-refractivity contribution in [1.82, 2.24) is 19.9 Å². The van der Waals surface area contributed by atoms with Gasteiger partial charge in [-0.05, 0) is 32.8 Å². The fourth-order valence-corrected chi connectivity index (χ4v) is 3.05. The quantitative estimate of drug-likeness (QED) is 0.861. The SMILES string of the molecule is Cc1cc(C)nc(N2CCC(N(C)c3ncc(Cl)cn3)CC2)n1. The zero-order valence-corrected chi connectivity index (χ0v) is 14.5. The molecule has 122 valence electrons. The highest BCUT2D eigenvalue weighted by atomic mass is 35.5. The summed E-state index contributed by atoms with van der Waals surface area (Å²) in [5.74, 6) is 1.56. The predicted molar refractivity (Wildman–Crippen MR) is 92.2 cm³/mol. The Morgan fingerprint density at radius 1 is 1.09 bits per heavy atom. The maximum absolute atomic E-state index is 5.85. The largest absolute Gasteiger partial charge is 0.341 e. The Hall–Kier alpha value is -1.95. The van der Waals surface area contributed by atoms with E-state index in [-0.39, 0.29) is 0 Å². The van der Waals surface area contributed by atoms with Crippen LogP contribution in [-0.4, -0.2) is 46.1 Å². The summed E-state index contributed by atoms with van der Waals surface area (Å²) in [5.41, 5.74) is 2.03. The molecule has 0 aliphatic carbocycles. The fraction of sp³-hybridized carbons (Fsp3) is 0.500. The number of nitrogens with zero attached hydrogens (tertiary/aromatic N) is 6. The fourth-order valence-electron chi connectivity index (χ4n) is 2.95. The van der Waals surface area contributed by atoms with Gasteiger partial charge < -0.3 is 9.80 Å². The number of aryl methyl sites for hydroxylation is 2. The molecule has 7 heteroatoms. The van der Waals surface area contributed by atoms with Crippen LogP contribution in [0.4, 0.5) is 11.9 Å². The molecular formula is C16H21ClN6. The molecule has 0 bridgehead atoms. The number of aromatic nitrogens is 4. The molecule has 0 aromatic carbocycles. The molecule has 2 aromatic rings. The molecule has 3 rings (SSSR count). The predicted octanol–water partition coefficient (Wildman–Crippen LogP) is 2.64. The lowest BCUT2D eigenvalue weighted by atomic mass is 10.0. The summed E-state index contributed by atoms with van der Waals surface area (Å²) in [6, 6.07) is 2.42. The first-order valence-corrected chi connectivity index (χ1v) is 8.18. The van der Waals surface area contributed by atoms with E-state index >= 15 is 0 Å². The number of piperidine rings is 1. The molecule has 2 aromatic heterocycles. The molecule has 0 spiro atoms. The van der Waals surface area contributed by atoms with Crippen molar-refractivity contribution in [2.75, 3.05) is 29.9 Å². The number of hydrogen-bond donors (Lipinski definition) is 0. The van der Waals surface area contributed by atoms with E-state index in [0.29, 0.717) is 11.1 Å². The van der Waals surface area contributed by atoms with E-state index in [1.165, 1.54) is 0 Å². The molecule has 1 aliphatic heterocycles. The van der Waals surface area contributed by atoms with Gasteiger partial charge in [0.25, 0.3) is 0 Å². The van der Waals surface area contributed by atoms with Gasteiger partial charge in [0.2, 0.25) is 11.9 Å². The number of hydrogen-bond acceptors (Lipinski definition) is 6. The normalized spacial score (nSPS) is 15.7. The summed E-state index contributed by atoms with van der Waals surface area (Å²) in [6.45, 7) is 5.89. The van der Waals surface area contributed by atoms with Crippen LogP contribution in [0, 0.1) is 13.8 Å². The Balaban J connectivity index is 1.64. The van der Waals surface area contributed by atoms with Crippen molar-refractivity contribution in [2.24, 2.45) is 0 Å². The summed E-state index contributed by atoms with van der Waals surface area (Å²) < 4.78 is 0. The third-order valence-corrected chi connectivity index (χ3v) is 4.38. The van der Waals surface area contributed by atoms with E-state index in [0.717, 1.165) is 49.2 Å². The van der Waals surface area contributed by atoms with Crippen LogP contribution in [0.1, 0.15) is 24.2 Å². The molecule has 23 heavy (non-hydrogen) atoms. The van der Waals surface area contributed by atoms with Gasteiger partial charge in [-0.1, -0.05) is 11.6 Å². The highest BCUT2D eigenvalue weighted by molar-refractivity contribution is 6.30. The van der Waals surface area contributed by atoms with Gasteiger partial charge in [0.1, 0.15) is 0 Å². The molecule has 1 aliphatic rings. The molecular weight excluding hydrogens is 312 g/mol. The molecule has 0 unspecified atom stereocenters. The second kappa shape index (κ2) is 6.66. The van der Waals surface area contributed by atoms with E-state index in [1.807, 2.05) is 27.0 Å². The maximum Gasteiger partial charge on any atom is 0.225 e. The van der Waals surface area contributed by atoms with E-state index in [1.54, 1.807) is 12.4 Å². The Labute approximate surface area is 141 Å². The average Bonchev–Trinajstić information content (AvgIpc) is 2.54. The monoisotopic (exact) mass is 332 g/mol. The first-order valence-electron chi connectivity index (χ1n) is 7.80. The minimum absolute atomic E-state index is 0.415. The lowest BCUT2D eigenvalue weighted by molar-refractivity contribution is 0.472. The maximum atomic E-state index is 5.85. The second-order valence-corrected chi connectivity index (χ2v) is 6.42. The van der Waals surface area contributed by atoms with Crippen LogP contribution < -0.4 is 9.80 Å². The van der Waals surface area contributed by atoms with Crippen molar-refractivity contribution in [1.29, 1.82) is 0 Å². The van der Waals surface area contributed by atoms with Gasteiger partial charge in [-0.25, -0.2) is 19.9 Å². The van der Waals surface area contributed by atoms with Crippen LogP contribution >= 0.6 is 11.6 Å². The summed E-state index contributed by atoms with van der Waals surface area (Å²) in [7, 11) is 2.04. The topological polar surface area (TPSA) is 58.0 Å². The van der Waals surface area contributed by atoms with Crippen LogP contribution in [0.15, 0.2) is 18.5 Å². The zero-order chi connectivity index (χ0) is 16.4. The van der Waals surface area contributed by atoms with Crippen LogP contribution in [0.2, 0.25) is 5.02 Å². The zero-order valence-electron chi connectivity index (χ0n) is 13.7. The first-order chi connectivity index (χ1) is 11.0. The van der Waals surface area contributed by atoms with Crippen molar-refractivity contribution in [2.45, 2.75) is 32.7 Å². The molecule has 6 nitrogen and oxygen atoms in total. The standard InChI is InChI=1S/C16H21ClN6/c1-11-8-12(2)21-16(20-11)23-6-4-14(5-7-23)22(3)15-18-9-13(17)10-19-15/h8-10,14H,4-7H2,1-3H3. The lowest BCUT2D eigenvalue weighted by Gasteiger charge is -2.36. The molecule has 0 N–H and O–H groups in total. The van der Waals surface area contributed by atoms with Crippen molar-refractivity contribution < 1.29 is 0 Å². The summed E-state index contributed by atoms with van der Waals surface area (Å²) >= 11 is 5.85. The van der Waals surface area contributed by atoms with E-state index < -0.39 is 0 Å². The smallest absolute Gasteiger partial charge is 0.225 e. The first kappa shape index (κ1) is 15.9. The molecule has 0 saturated carbocycles. The summed E-state index contributed by atoms with van der Waals surface area (Å²) in [5, 5.41) is 0.559. The van der Waals surface area contributed by atoms with Gasteiger partial charge in [-0.2, -0.15) is 0 Å². The highest BCUT2D eigenvalue weighted by Crippen LogP contribution is 2.22. The van der Waals surface area contributed by atoms with Crippen molar-refractivity contribution in [3.8, 4) is 0 Å². The minimum atomic E-state index is 0.415. The van der Waals surface area contributed by atoms with Gasteiger partial charge in [0.15, 0.2) is 0 Å². The number of rotatable bonds is 3. The van der Waals surface area contributed by atoms with E-state index in [9.17, 15) is 0 Å². The highest BCUT2D eigenvalue weighted by Gasteiger charge is 2.25. The molecule has 0 atom stereocenters. The number of anilines is 2. The lowest BCUT2D eigenvalue weighted by Crippen LogP contribution is -2.44. The molecule has 1 fully saturated rings. The van der Waals surface area contributed by atoms with Gasteiger partial charge in [0.05, 0.1) is 17.4 Å². The van der Waals surface area contributed by atoms with Crippen LogP contribution in [0.25, 0.3) is 0 Å². The van der Waals surface area contributed by atoms with Gasteiger partial charge >= 0.3 is 0 Å². The van der Waals surface area contributed by atoms with Crippen molar-refractivity contribution in [3.05, 3.63) is 34.9 Å². The van der Waals surface area contributed by atoms with Gasteiger partial charge in [-0.3, -0.25) is 0 Å². The Morgan fingerprint density at radius 2 is 1.65 bits per heavy atom. The molecule has 0 radical (unpaired) electrons. The van der Waals surface area contributed by atoms with Gasteiger partial charge in [-0.15, -0.1) is 0 Å². The molecule has 0 amide bonds. The van der Waals surface area contributed by atoms with E-state index in [4.69, 9.17) is 11.6 Å².